The van der Waals surface area contributed by atoms with Crippen LogP contribution in [0.1, 0.15) is 43.2 Å². The lowest BCUT2D eigenvalue weighted by atomic mass is 10.1. The minimum atomic E-state index is -0.0991. The largest absolute Gasteiger partial charge is 0.340 e. The van der Waals surface area contributed by atoms with Crippen LogP contribution in [-0.2, 0) is 17.6 Å². The molecule has 1 aliphatic heterocycles. The number of hydrogen-bond acceptors (Lipinski definition) is 2. The topological polar surface area (TPSA) is 61.4 Å². The van der Waals surface area contributed by atoms with Gasteiger partial charge in [0.2, 0.25) is 5.91 Å². The molecule has 134 valence electrons. The van der Waals surface area contributed by atoms with Gasteiger partial charge in [0.15, 0.2) is 0 Å². The smallest absolute Gasteiger partial charge is 0.315 e. The normalized spacial score (nSPS) is 23.7. The summed E-state index contributed by atoms with van der Waals surface area (Å²) >= 11 is 0. The molecule has 0 bridgehead atoms. The van der Waals surface area contributed by atoms with Crippen LogP contribution in [0.3, 0.4) is 0 Å². The first-order valence-electron chi connectivity index (χ1n) is 9.61. The number of hydrogen-bond donors (Lipinski definition) is 2. The van der Waals surface area contributed by atoms with Crippen LogP contribution in [0.15, 0.2) is 24.3 Å². The Kier molecular flexibility index (Phi) is 4.64. The second kappa shape index (κ2) is 7.06. The highest BCUT2D eigenvalue weighted by Crippen LogP contribution is 2.28. The van der Waals surface area contributed by atoms with E-state index in [1.165, 1.54) is 24.0 Å². The highest BCUT2D eigenvalue weighted by atomic mass is 16.2. The van der Waals surface area contributed by atoms with Gasteiger partial charge in [0.1, 0.15) is 0 Å². The molecule has 1 atom stereocenters. The fraction of sp³-hybridized carbons (Fsp3) is 0.600. The predicted octanol–water partition coefficient (Wildman–Crippen LogP) is 2.24. The maximum Gasteiger partial charge on any atom is 0.315 e. The van der Waals surface area contributed by atoms with Gasteiger partial charge in [-0.3, -0.25) is 4.79 Å². The van der Waals surface area contributed by atoms with Crippen molar-refractivity contribution in [1.82, 2.24) is 15.5 Å². The average Bonchev–Trinajstić information content (AvgIpc) is 3.34. The van der Waals surface area contributed by atoms with Crippen LogP contribution < -0.4 is 10.6 Å². The minimum absolute atomic E-state index is 0.0779. The van der Waals surface area contributed by atoms with Crippen LogP contribution in [0.5, 0.6) is 0 Å². The summed E-state index contributed by atoms with van der Waals surface area (Å²) in [5, 5.41) is 6.16. The molecule has 1 aromatic carbocycles. The van der Waals surface area contributed by atoms with Gasteiger partial charge in [-0.25, -0.2) is 4.79 Å². The fourth-order valence-corrected chi connectivity index (χ4v) is 4.58. The summed E-state index contributed by atoms with van der Waals surface area (Å²) in [6, 6.07) is 8.53. The molecule has 4 rings (SSSR count). The molecule has 3 aliphatic rings. The van der Waals surface area contributed by atoms with Gasteiger partial charge in [-0.1, -0.05) is 37.1 Å². The quantitative estimate of drug-likeness (QED) is 0.886. The number of rotatable bonds is 3. The van der Waals surface area contributed by atoms with Crippen molar-refractivity contribution >= 4 is 11.9 Å². The lowest BCUT2D eigenvalue weighted by Gasteiger charge is -2.21. The minimum Gasteiger partial charge on any atom is -0.340 e. The lowest BCUT2D eigenvalue weighted by molar-refractivity contribution is -0.134. The molecule has 5 heteroatoms. The summed E-state index contributed by atoms with van der Waals surface area (Å²) in [5.74, 6) is 0.526. The molecule has 1 heterocycles. The molecule has 1 aromatic rings. The summed E-state index contributed by atoms with van der Waals surface area (Å²) in [4.78, 5) is 26.7. The Balaban J connectivity index is 1.23. The van der Waals surface area contributed by atoms with Gasteiger partial charge in [0.05, 0.1) is 0 Å². The molecule has 3 amide bonds. The zero-order valence-electron chi connectivity index (χ0n) is 14.7. The molecule has 0 spiro atoms. The molecule has 0 unspecified atom stereocenters. The van der Waals surface area contributed by atoms with Crippen molar-refractivity contribution in [2.45, 2.75) is 57.0 Å². The molecule has 1 saturated carbocycles. The van der Waals surface area contributed by atoms with Gasteiger partial charge in [-0.2, -0.15) is 0 Å². The molecule has 0 aromatic heterocycles. The number of carbonyl (C=O) groups excluding carboxylic acids is 2. The zero-order chi connectivity index (χ0) is 17.2. The van der Waals surface area contributed by atoms with Crippen LogP contribution >= 0.6 is 0 Å². The van der Waals surface area contributed by atoms with E-state index in [4.69, 9.17) is 0 Å². The number of amides is 3. The molecule has 2 aliphatic carbocycles. The van der Waals surface area contributed by atoms with Crippen molar-refractivity contribution in [2.75, 3.05) is 13.1 Å². The Bertz CT molecular complexity index is 629. The average molecular weight is 341 g/mol. The number of nitrogens with zero attached hydrogens (tertiary/aromatic N) is 1. The number of carbonyl (C=O) groups is 2. The number of urea groups is 1. The number of fused-ring (bicyclic) bond motifs is 1. The predicted molar refractivity (Wildman–Crippen MR) is 96.2 cm³/mol. The first-order valence-corrected chi connectivity index (χ1v) is 9.61. The number of nitrogens with one attached hydrogen (secondary N) is 2. The summed E-state index contributed by atoms with van der Waals surface area (Å²) in [7, 11) is 0. The van der Waals surface area contributed by atoms with Gasteiger partial charge in [-0.15, -0.1) is 0 Å². The van der Waals surface area contributed by atoms with Crippen LogP contribution in [0, 0.1) is 5.92 Å². The molecular weight excluding hydrogens is 314 g/mol. The summed E-state index contributed by atoms with van der Waals surface area (Å²) in [6.07, 6.45) is 7.10. The van der Waals surface area contributed by atoms with E-state index in [0.29, 0.717) is 12.5 Å². The maximum absolute atomic E-state index is 12.5. The molecule has 2 fully saturated rings. The van der Waals surface area contributed by atoms with E-state index in [1.54, 1.807) is 0 Å². The Morgan fingerprint density at radius 3 is 2.24 bits per heavy atom. The number of benzene rings is 1. The van der Waals surface area contributed by atoms with Crippen molar-refractivity contribution in [1.29, 1.82) is 0 Å². The van der Waals surface area contributed by atoms with E-state index in [9.17, 15) is 9.59 Å². The first-order chi connectivity index (χ1) is 12.2. The molecule has 2 N–H and O–H groups in total. The van der Waals surface area contributed by atoms with Crippen LogP contribution in [-0.4, -0.2) is 42.0 Å². The summed E-state index contributed by atoms with van der Waals surface area (Å²) in [5.41, 5.74) is 2.67. The SMILES string of the molecule is O=C(NC1Cc2ccccc2C1)N[C@@H]1CCN(C(=O)C2CCCC2)C1. The highest BCUT2D eigenvalue weighted by Gasteiger charge is 2.33. The standard InChI is InChI=1S/C20H27N3O2/c24-19(14-5-1-2-6-14)23-10-9-17(13-23)21-20(25)22-18-11-15-7-3-4-8-16(15)12-18/h3-4,7-8,14,17-18H,1-2,5-6,9-13H2,(H2,21,22,25)/t17-/m1/s1. The third-order valence-electron chi connectivity index (χ3n) is 5.93. The first kappa shape index (κ1) is 16.4. The van der Waals surface area contributed by atoms with Gasteiger partial charge >= 0.3 is 6.03 Å². The van der Waals surface area contributed by atoms with Crippen molar-refractivity contribution in [3.8, 4) is 0 Å². The Hall–Kier alpha value is -2.04. The second-order valence-electron chi connectivity index (χ2n) is 7.74. The Morgan fingerprint density at radius 2 is 1.56 bits per heavy atom. The van der Waals surface area contributed by atoms with Gasteiger partial charge in [0.25, 0.3) is 0 Å². The highest BCUT2D eigenvalue weighted by molar-refractivity contribution is 5.80. The third kappa shape index (κ3) is 3.65. The van der Waals surface area contributed by atoms with Gasteiger partial charge < -0.3 is 15.5 Å². The van der Waals surface area contributed by atoms with Crippen LogP contribution in [0.2, 0.25) is 0 Å². The van der Waals surface area contributed by atoms with Crippen molar-refractivity contribution in [3.05, 3.63) is 35.4 Å². The van der Waals surface area contributed by atoms with Gasteiger partial charge in [0, 0.05) is 31.1 Å². The Labute approximate surface area is 149 Å². The summed E-state index contributed by atoms with van der Waals surface area (Å²) in [6.45, 7) is 1.43. The zero-order valence-corrected chi connectivity index (χ0v) is 14.7. The molecule has 1 saturated heterocycles. The van der Waals surface area contributed by atoms with E-state index in [2.05, 4.69) is 34.9 Å². The van der Waals surface area contributed by atoms with Crippen molar-refractivity contribution in [3.63, 3.8) is 0 Å². The number of likely N-dealkylation sites (tertiary alicyclic amines) is 1. The molecule has 5 nitrogen and oxygen atoms in total. The van der Waals surface area contributed by atoms with E-state index >= 15 is 0 Å². The van der Waals surface area contributed by atoms with Crippen LogP contribution in [0.4, 0.5) is 4.79 Å². The Morgan fingerprint density at radius 1 is 0.920 bits per heavy atom. The molecule has 25 heavy (non-hydrogen) atoms. The second-order valence-corrected chi connectivity index (χ2v) is 7.74. The van der Waals surface area contributed by atoms with Gasteiger partial charge in [-0.05, 0) is 43.2 Å². The van der Waals surface area contributed by atoms with Crippen LogP contribution in [0.25, 0.3) is 0 Å². The summed E-state index contributed by atoms with van der Waals surface area (Å²) < 4.78 is 0. The molecular formula is C20H27N3O2. The van der Waals surface area contributed by atoms with E-state index in [-0.39, 0.29) is 24.0 Å². The van der Waals surface area contributed by atoms with E-state index < -0.39 is 0 Å². The fourth-order valence-electron chi connectivity index (χ4n) is 4.58. The van der Waals surface area contributed by atoms with E-state index in [0.717, 1.165) is 38.6 Å². The maximum atomic E-state index is 12.5. The lowest BCUT2D eigenvalue weighted by Crippen LogP contribution is -2.47. The van der Waals surface area contributed by atoms with Crippen molar-refractivity contribution in [2.24, 2.45) is 5.92 Å². The van der Waals surface area contributed by atoms with Crippen molar-refractivity contribution < 1.29 is 9.59 Å². The third-order valence-corrected chi connectivity index (χ3v) is 5.93. The molecule has 0 radical (unpaired) electrons. The van der Waals surface area contributed by atoms with E-state index in [1.807, 2.05) is 4.90 Å². The monoisotopic (exact) mass is 341 g/mol.